The Bertz CT molecular complexity index is 360. The Hall–Kier alpha value is -0.950. The van der Waals surface area contributed by atoms with E-state index in [0.29, 0.717) is 13.0 Å². The summed E-state index contributed by atoms with van der Waals surface area (Å²) in [6.07, 6.45) is 5.32. The van der Waals surface area contributed by atoms with Crippen LogP contribution in [0.4, 0.5) is 0 Å². The minimum absolute atomic E-state index is 0.239. The molecule has 0 aliphatic heterocycles. The molecule has 0 atom stereocenters. The molecule has 0 fully saturated rings. The minimum atomic E-state index is -2.82. The van der Waals surface area contributed by atoms with Gasteiger partial charge in [-0.3, -0.25) is 4.68 Å². The third kappa shape index (κ3) is 6.19. The summed E-state index contributed by atoms with van der Waals surface area (Å²) in [4.78, 5) is 0. The van der Waals surface area contributed by atoms with E-state index in [1.807, 2.05) is 0 Å². The van der Waals surface area contributed by atoms with Crippen molar-refractivity contribution in [3.63, 3.8) is 0 Å². The Morgan fingerprint density at radius 2 is 2.20 bits per heavy atom. The van der Waals surface area contributed by atoms with Crippen LogP contribution < -0.4 is 5.32 Å². The van der Waals surface area contributed by atoms with Crippen molar-refractivity contribution in [3.05, 3.63) is 12.4 Å². The number of aromatic nitrogens is 3. The van der Waals surface area contributed by atoms with Crippen LogP contribution in [0.5, 0.6) is 0 Å². The summed E-state index contributed by atoms with van der Waals surface area (Å²) >= 11 is 0. The molecule has 0 unspecified atom stereocenters. The number of nitrogens with one attached hydrogen (secondary N) is 1. The van der Waals surface area contributed by atoms with Gasteiger partial charge in [-0.1, -0.05) is 5.21 Å². The molecule has 6 nitrogen and oxygen atoms in total. The smallest absolute Gasteiger partial charge is 0.147 e. The van der Waals surface area contributed by atoms with Crippen LogP contribution in [0.15, 0.2) is 12.4 Å². The molecule has 1 aromatic rings. The largest absolute Gasteiger partial charge is 0.315 e. The molecule has 7 heteroatoms. The molecule has 0 aromatic carbocycles. The van der Waals surface area contributed by atoms with E-state index < -0.39 is 9.84 Å². The number of sulfone groups is 1. The normalized spacial score (nSPS) is 11.8. The topological polar surface area (TPSA) is 76.9 Å². The molecule has 86 valence electrons. The predicted molar refractivity (Wildman–Crippen MR) is 57.2 cm³/mol. The maximum Gasteiger partial charge on any atom is 0.147 e. The van der Waals surface area contributed by atoms with Gasteiger partial charge in [0, 0.05) is 19.0 Å². The highest BCUT2D eigenvalue weighted by atomic mass is 32.2. The first-order valence-corrected chi connectivity index (χ1v) is 6.86. The molecular formula is C8H16N4O2S. The molecule has 1 N–H and O–H groups in total. The third-order valence-corrected chi connectivity index (χ3v) is 2.89. The third-order valence-electron chi connectivity index (χ3n) is 1.86. The van der Waals surface area contributed by atoms with Crippen LogP contribution >= 0.6 is 0 Å². The molecular weight excluding hydrogens is 216 g/mol. The van der Waals surface area contributed by atoms with Crippen LogP contribution in [0.2, 0.25) is 0 Å². The Morgan fingerprint density at radius 3 is 2.80 bits per heavy atom. The average Bonchev–Trinajstić information content (AvgIpc) is 2.61. The highest BCUT2D eigenvalue weighted by Crippen LogP contribution is 1.87. The van der Waals surface area contributed by atoms with Crippen molar-refractivity contribution in [3.8, 4) is 0 Å². The molecule has 15 heavy (non-hydrogen) atoms. The van der Waals surface area contributed by atoms with E-state index in [9.17, 15) is 8.42 Å². The van der Waals surface area contributed by atoms with Crippen molar-refractivity contribution in [1.29, 1.82) is 0 Å². The van der Waals surface area contributed by atoms with Crippen LogP contribution in [0.1, 0.15) is 6.42 Å². The maximum atomic E-state index is 10.8. The molecule has 0 saturated carbocycles. The van der Waals surface area contributed by atoms with Crippen molar-refractivity contribution in [2.45, 2.75) is 13.0 Å². The summed E-state index contributed by atoms with van der Waals surface area (Å²) < 4.78 is 23.3. The van der Waals surface area contributed by atoms with Gasteiger partial charge in [0.25, 0.3) is 0 Å². The minimum Gasteiger partial charge on any atom is -0.315 e. The molecule has 0 radical (unpaired) electrons. The maximum absolute atomic E-state index is 10.8. The molecule has 0 aliphatic carbocycles. The summed E-state index contributed by atoms with van der Waals surface area (Å²) in [7, 11) is -2.82. The monoisotopic (exact) mass is 232 g/mol. The van der Waals surface area contributed by atoms with E-state index in [0.717, 1.165) is 13.1 Å². The first-order valence-electron chi connectivity index (χ1n) is 4.80. The molecule has 1 aromatic heterocycles. The van der Waals surface area contributed by atoms with Gasteiger partial charge in [-0.2, -0.15) is 0 Å². The lowest BCUT2D eigenvalue weighted by atomic mass is 10.4. The standard InChI is InChI=1S/C8H16N4O2S/c1-15(13,14)8-2-3-9-4-6-12-7-5-10-11-12/h5,7,9H,2-4,6,8H2,1H3. The fourth-order valence-corrected chi connectivity index (χ4v) is 1.80. The second-order valence-corrected chi connectivity index (χ2v) is 5.66. The van der Waals surface area contributed by atoms with Gasteiger partial charge in [-0.15, -0.1) is 5.10 Å². The SMILES string of the molecule is CS(=O)(=O)CCCNCCn1ccnn1. The highest BCUT2D eigenvalue weighted by molar-refractivity contribution is 7.90. The average molecular weight is 232 g/mol. The van der Waals surface area contributed by atoms with Crippen molar-refractivity contribution in [2.75, 3.05) is 25.1 Å². The van der Waals surface area contributed by atoms with Crippen molar-refractivity contribution >= 4 is 9.84 Å². The predicted octanol–water partition coefficient (Wildman–Crippen LogP) is -0.698. The van der Waals surface area contributed by atoms with Crippen LogP contribution in [-0.2, 0) is 16.4 Å². The van der Waals surface area contributed by atoms with E-state index in [2.05, 4.69) is 15.6 Å². The van der Waals surface area contributed by atoms with Gasteiger partial charge in [0.15, 0.2) is 0 Å². The van der Waals surface area contributed by atoms with Crippen LogP contribution in [0.3, 0.4) is 0 Å². The van der Waals surface area contributed by atoms with Gasteiger partial charge in [-0.05, 0) is 13.0 Å². The van der Waals surface area contributed by atoms with Gasteiger partial charge in [-0.25, -0.2) is 8.42 Å². The summed E-state index contributed by atoms with van der Waals surface area (Å²) in [5, 5.41) is 10.6. The second-order valence-electron chi connectivity index (χ2n) is 3.40. The van der Waals surface area contributed by atoms with Gasteiger partial charge < -0.3 is 5.32 Å². The van der Waals surface area contributed by atoms with Crippen LogP contribution in [0.25, 0.3) is 0 Å². The van der Waals surface area contributed by atoms with E-state index in [4.69, 9.17) is 0 Å². The Morgan fingerprint density at radius 1 is 1.40 bits per heavy atom. The van der Waals surface area contributed by atoms with Gasteiger partial charge in [0.05, 0.1) is 18.5 Å². The first-order chi connectivity index (χ1) is 7.08. The molecule has 0 saturated heterocycles. The first kappa shape index (κ1) is 12.1. The second kappa shape index (κ2) is 5.82. The summed E-state index contributed by atoms with van der Waals surface area (Å²) in [5.41, 5.74) is 0. The van der Waals surface area contributed by atoms with E-state index >= 15 is 0 Å². The van der Waals surface area contributed by atoms with Gasteiger partial charge >= 0.3 is 0 Å². The lowest BCUT2D eigenvalue weighted by Gasteiger charge is -2.03. The van der Waals surface area contributed by atoms with Crippen molar-refractivity contribution < 1.29 is 8.42 Å². The van der Waals surface area contributed by atoms with Crippen molar-refractivity contribution in [1.82, 2.24) is 20.3 Å². The highest BCUT2D eigenvalue weighted by Gasteiger charge is 2.00. The van der Waals surface area contributed by atoms with E-state index in [1.54, 1.807) is 17.1 Å². The Balaban J connectivity index is 1.99. The quantitative estimate of drug-likeness (QED) is 0.629. The molecule has 0 aliphatic rings. The number of hydrogen-bond acceptors (Lipinski definition) is 5. The fourth-order valence-electron chi connectivity index (χ4n) is 1.13. The number of rotatable bonds is 7. The molecule has 0 spiro atoms. The molecule has 0 amide bonds. The summed E-state index contributed by atoms with van der Waals surface area (Å²) in [6.45, 7) is 2.23. The fraction of sp³-hybridized carbons (Fsp3) is 0.750. The zero-order chi connectivity index (χ0) is 11.1. The van der Waals surface area contributed by atoms with E-state index in [-0.39, 0.29) is 5.75 Å². The number of hydrogen-bond donors (Lipinski definition) is 1. The zero-order valence-electron chi connectivity index (χ0n) is 8.76. The lowest BCUT2D eigenvalue weighted by molar-refractivity contribution is 0.537. The Labute approximate surface area is 89.6 Å². The van der Waals surface area contributed by atoms with Gasteiger partial charge in [0.1, 0.15) is 9.84 Å². The zero-order valence-corrected chi connectivity index (χ0v) is 9.57. The molecule has 1 heterocycles. The van der Waals surface area contributed by atoms with Crippen LogP contribution in [0, 0.1) is 0 Å². The van der Waals surface area contributed by atoms with E-state index in [1.165, 1.54) is 6.26 Å². The van der Waals surface area contributed by atoms with Gasteiger partial charge in [0.2, 0.25) is 0 Å². The number of nitrogens with zero attached hydrogens (tertiary/aromatic N) is 3. The molecule has 1 rings (SSSR count). The van der Waals surface area contributed by atoms with Crippen LogP contribution in [-0.4, -0.2) is 48.5 Å². The van der Waals surface area contributed by atoms with Crippen molar-refractivity contribution in [2.24, 2.45) is 0 Å². The lowest BCUT2D eigenvalue weighted by Crippen LogP contribution is -2.23. The summed E-state index contributed by atoms with van der Waals surface area (Å²) in [5.74, 6) is 0.239. The summed E-state index contributed by atoms with van der Waals surface area (Å²) in [6, 6.07) is 0. The molecule has 0 bridgehead atoms. The Kier molecular flexibility index (Phi) is 4.70.